The van der Waals surface area contributed by atoms with Crippen LogP contribution in [0.15, 0.2) is 41.3 Å². The van der Waals surface area contributed by atoms with Crippen LogP contribution in [-0.4, -0.2) is 38.4 Å². The van der Waals surface area contributed by atoms with Crippen molar-refractivity contribution >= 4 is 27.3 Å². The minimum absolute atomic E-state index is 0.0346. The summed E-state index contributed by atoms with van der Waals surface area (Å²) in [6.07, 6.45) is 0.517. The number of sulfone groups is 1. The van der Waals surface area contributed by atoms with Crippen molar-refractivity contribution in [1.29, 1.82) is 0 Å². The van der Waals surface area contributed by atoms with E-state index in [1.807, 2.05) is 0 Å². The fraction of sp³-hybridized carbons (Fsp3) is 0.381. The molecule has 2 aliphatic rings. The van der Waals surface area contributed by atoms with Crippen LogP contribution in [-0.2, 0) is 19.4 Å². The number of fused-ring (bicyclic) bond motifs is 3. The molecular formula is C21H20ClF2NO4S. The average Bonchev–Trinajstić information content (AvgIpc) is 2.74. The van der Waals surface area contributed by atoms with Crippen LogP contribution in [0.5, 0.6) is 5.75 Å². The summed E-state index contributed by atoms with van der Waals surface area (Å²) in [5.41, 5.74) is -0.345. The fourth-order valence-electron chi connectivity index (χ4n) is 4.61. The summed E-state index contributed by atoms with van der Waals surface area (Å²) in [4.78, 5) is 14.0. The lowest BCUT2D eigenvalue weighted by atomic mass is 9.80. The summed E-state index contributed by atoms with van der Waals surface area (Å²) in [6.45, 7) is 1.75. The minimum atomic E-state index is -4.27. The van der Waals surface area contributed by atoms with E-state index < -0.39 is 38.0 Å². The second-order valence-electron chi connectivity index (χ2n) is 7.45. The maximum Gasteiger partial charge on any atom is 0.222 e. The molecule has 160 valence electrons. The standard InChI is InChI=1S/C21H20ClF2NO4S/c1-2-18(26)25-11-3-10-21(30(27,28)14-6-4-13(22)5-7-14)17(25)12-29-20-16(24)9-8-15(23)19(20)21/h4-9,17H,2-3,10-12H2,1H3/t17-,21+/m0/s1. The molecule has 0 bridgehead atoms. The third kappa shape index (κ3) is 2.92. The highest BCUT2D eigenvalue weighted by molar-refractivity contribution is 7.92. The van der Waals surface area contributed by atoms with Gasteiger partial charge in [-0.25, -0.2) is 17.2 Å². The first-order chi connectivity index (χ1) is 14.2. The third-order valence-corrected chi connectivity index (χ3v) is 8.74. The Bertz CT molecular complexity index is 1110. The van der Waals surface area contributed by atoms with Crippen LogP contribution in [0.4, 0.5) is 8.78 Å². The molecule has 30 heavy (non-hydrogen) atoms. The van der Waals surface area contributed by atoms with E-state index in [-0.39, 0.29) is 35.8 Å². The Morgan fingerprint density at radius 3 is 2.53 bits per heavy atom. The Kier molecular flexibility index (Phi) is 5.26. The van der Waals surface area contributed by atoms with Crippen molar-refractivity contribution < 1.29 is 26.7 Å². The molecule has 0 unspecified atom stereocenters. The number of halogens is 3. The van der Waals surface area contributed by atoms with Crippen molar-refractivity contribution in [3.8, 4) is 5.75 Å². The number of amides is 1. The Morgan fingerprint density at radius 1 is 1.20 bits per heavy atom. The van der Waals surface area contributed by atoms with Gasteiger partial charge in [-0.15, -0.1) is 0 Å². The summed E-state index contributed by atoms with van der Waals surface area (Å²) in [7, 11) is -4.27. The highest BCUT2D eigenvalue weighted by atomic mass is 35.5. The Balaban J connectivity index is 2.04. The molecule has 1 fully saturated rings. The number of hydrogen-bond donors (Lipinski definition) is 0. The molecule has 9 heteroatoms. The number of carbonyl (C=O) groups is 1. The van der Waals surface area contributed by atoms with Crippen LogP contribution in [0, 0.1) is 11.6 Å². The van der Waals surface area contributed by atoms with Gasteiger partial charge >= 0.3 is 0 Å². The maximum absolute atomic E-state index is 15.2. The van der Waals surface area contributed by atoms with Crippen LogP contribution < -0.4 is 4.74 Å². The molecule has 5 nitrogen and oxygen atoms in total. The second-order valence-corrected chi connectivity index (χ2v) is 10.1. The first-order valence-electron chi connectivity index (χ1n) is 9.65. The van der Waals surface area contributed by atoms with Gasteiger partial charge in [-0.05, 0) is 49.2 Å². The monoisotopic (exact) mass is 455 g/mol. The van der Waals surface area contributed by atoms with Crippen molar-refractivity contribution in [1.82, 2.24) is 4.90 Å². The zero-order chi connectivity index (χ0) is 21.7. The van der Waals surface area contributed by atoms with Crippen LogP contribution in [0.2, 0.25) is 5.02 Å². The summed E-state index contributed by atoms with van der Waals surface area (Å²) >= 11 is 5.92. The molecule has 2 aromatic rings. The molecule has 2 aromatic carbocycles. The SMILES string of the molecule is CCC(=O)N1CCC[C@]2(S(=O)(=O)c3ccc(Cl)cc3)c3c(F)ccc(F)c3OC[C@H]12. The quantitative estimate of drug-likeness (QED) is 0.699. The molecule has 0 spiro atoms. The van der Waals surface area contributed by atoms with Crippen molar-refractivity contribution in [2.75, 3.05) is 13.2 Å². The molecule has 0 N–H and O–H groups in total. The first-order valence-corrected chi connectivity index (χ1v) is 11.5. The van der Waals surface area contributed by atoms with Gasteiger partial charge in [-0.3, -0.25) is 4.79 Å². The molecule has 0 radical (unpaired) electrons. The van der Waals surface area contributed by atoms with Crippen molar-refractivity contribution in [2.24, 2.45) is 0 Å². The molecule has 1 amide bonds. The Hall–Kier alpha value is -2.19. The van der Waals surface area contributed by atoms with E-state index in [0.29, 0.717) is 18.0 Å². The number of likely N-dealkylation sites (tertiary alicyclic amines) is 1. The number of ether oxygens (including phenoxy) is 1. The van der Waals surface area contributed by atoms with E-state index in [4.69, 9.17) is 16.3 Å². The average molecular weight is 456 g/mol. The Morgan fingerprint density at radius 2 is 1.87 bits per heavy atom. The summed E-state index contributed by atoms with van der Waals surface area (Å²) in [5, 5.41) is 0.346. The van der Waals surface area contributed by atoms with Crippen molar-refractivity contribution in [2.45, 2.75) is 41.9 Å². The van der Waals surface area contributed by atoms with E-state index in [2.05, 4.69) is 0 Å². The number of hydrogen-bond acceptors (Lipinski definition) is 4. The predicted octanol–water partition coefficient (Wildman–Crippen LogP) is 4.08. The number of benzene rings is 2. The van der Waals surface area contributed by atoms with Crippen LogP contribution >= 0.6 is 11.6 Å². The molecule has 2 atom stereocenters. The number of rotatable bonds is 3. The molecule has 4 rings (SSSR count). The summed E-state index contributed by atoms with van der Waals surface area (Å²) in [5.74, 6) is -2.39. The highest BCUT2D eigenvalue weighted by Crippen LogP contribution is 2.53. The second kappa shape index (κ2) is 7.50. The van der Waals surface area contributed by atoms with Crippen LogP contribution in [0.3, 0.4) is 0 Å². The number of piperidine rings is 1. The van der Waals surface area contributed by atoms with Gasteiger partial charge < -0.3 is 9.64 Å². The third-order valence-electron chi connectivity index (χ3n) is 5.96. The van der Waals surface area contributed by atoms with Crippen LogP contribution in [0.25, 0.3) is 0 Å². The predicted molar refractivity (Wildman–Crippen MR) is 107 cm³/mol. The van der Waals surface area contributed by atoms with Gasteiger partial charge in [0.1, 0.15) is 17.2 Å². The number of nitrogens with zero attached hydrogens (tertiary/aromatic N) is 1. The zero-order valence-electron chi connectivity index (χ0n) is 16.2. The van der Waals surface area contributed by atoms with Gasteiger partial charge in [-0.1, -0.05) is 18.5 Å². The zero-order valence-corrected chi connectivity index (χ0v) is 17.8. The van der Waals surface area contributed by atoms with Gasteiger partial charge in [0.2, 0.25) is 5.91 Å². The first kappa shape index (κ1) is 21.1. The van der Waals surface area contributed by atoms with Gasteiger partial charge in [0.25, 0.3) is 0 Å². The lowest BCUT2D eigenvalue weighted by molar-refractivity contribution is -0.137. The van der Waals surface area contributed by atoms with E-state index in [0.717, 1.165) is 12.1 Å². The summed E-state index contributed by atoms with van der Waals surface area (Å²) in [6, 6.07) is 6.38. The molecule has 0 aliphatic carbocycles. The molecule has 1 saturated heterocycles. The number of carbonyl (C=O) groups excluding carboxylic acids is 1. The van der Waals surface area contributed by atoms with E-state index in [1.165, 1.54) is 29.2 Å². The lowest BCUT2D eigenvalue weighted by Gasteiger charge is -2.51. The normalized spacial score (nSPS) is 23.3. The smallest absolute Gasteiger partial charge is 0.222 e. The van der Waals surface area contributed by atoms with Gasteiger partial charge in [0.15, 0.2) is 21.4 Å². The molecular weight excluding hydrogens is 436 g/mol. The molecule has 2 aliphatic heterocycles. The topological polar surface area (TPSA) is 63.7 Å². The van der Waals surface area contributed by atoms with Gasteiger partial charge in [0, 0.05) is 18.0 Å². The maximum atomic E-state index is 15.2. The van der Waals surface area contributed by atoms with E-state index in [1.54, 1.807) is 6.92 Å². The van der Waals surface area contributed by atoms with Gasteiger partial charge in [0.05, 0.1) is 16.5 Å². The highest BCUT2D eigenvalue weighted by Gasteiger charge is 2.61. The van der Waals surface area contributed by atoms with Crippen LogP contribution in [0.1, 0.15) is 31.7 Å². The van der Waals surface area contributed by atoms with Gasteiger partial charge in [-0.2, -0.15) is 0 Å². The van der Waals surface area contributed by atoms with E-state index in [9.17, 15) is 17.6 Å². The molecule has 2 heterocycles. The molecule has 0 saturated carbocycles. The molecule has 0 aromatic heterocycles. The van der Waals surface area contributed by atoms with E-state index >= 15 is 4.39 Å². The fourth-order valence-corrected chi connectivity index (χ4v) is 7.07. The lowest BCUT2D eigenvalue weighted by Crippen LogP contribution is -2.64. The van der Waals surface area contributed by atoms with Crippen molar-refractivity contribution in [3.05, 3.63) is 58.6 Å². The van der Waals surface area contributed by atoms with Crippen molar-refractivity contribution in [3.63, 3.8) is 0 Å². The summed E-state index contributed by atoms with van der Waals surface area (Å²) < 4.78 is 61.4. The largest absolute Gasteiger partial charge is 0.488 e. The Labute approximate surface area is 178 Å². The minimum Gasteiger partial charge on any atom is -0.488 e.